The van der Waals surface area contributed by atoms with E-state index in [1.807, 2.05) is 25.1 Å². The maximum absolute atomic E-state index is 12.8. The van der Waals surface area contributed by atoms with E-state index in [4.69, 9.17) is 17.0 Å². The molecule has 0 spiro atoms. The van der Waals surface area contributed by atoms with Crippen molar-refractivity contribution < 1.29 is 9.53 Å². The van der Waals surface area contributed by atoms with Crippen LogP contribution in [0.4, 0.5) is 0 Å². The van der Waals surface area contributed by atoms with E-state index in [0.717, 1.165) is 36.8 Å². The summed E-state index contributed by atoms with van der Waals surface area (Å²) in [5, 5.41) is 3.63. The maximum atomic E-state index is 12.8. The van der Waals surface area contributed by atoms with Gasteiger partial charge in [0, 0.05) is 5.56 Å². The molecule has 0 aromatic heterocycles. The molecule has 1 aromatic rings. The third-order valence-electron chi connectivity index (χ3n) is 4.83. The first-order valence-electron chi connectivity index (χ1n) is 9.77. The Morgan fingerprint density at radius 2 is 1.72 bits per heavy atom. The second-order valence-electron chi connectivity index (χ2n) is 6.80. The van der Waals surface area contributed by atoms with E-state index in [1.165, 1.54) is 38.5 Å². The van der Waals surface area contributed by atoms with Gasteiger partial charge in [0.05, 0.1) is 12.6 Å². The van der Waals surface area contributed by atoms with Gasteiger partial charge < -0.3 is 10.1 Å². The van der Waals surface area contributed by atoms with Crippen LogP contribution in [-0.2, 0) is 11.2 Å². The zero-order chi connectivity index (χ0) is 17.9. The van der Waals surface area contributed by atoms with Crippen LogP contribution in [0.15, 0.2) is 24.3 Å². The summed E-state index contributed by atoms with van der Waals surface area (Å²) in [6.07, 6.45) is 11.7. The highest BCUT2D eigenvalue weighted by atomic mass is 32.1. The number of fused-ring (bicyclic) bond motifs is 1. The number of aryl methyl sites for hydroxylation is 1. The van der Waals surface area contributed by atoms with Crippen LogP contribution in [0.5, 0.6) is 0 Å². The van der Waals surface area contributed by atoms with Gasteiger partial charge in [0.15, 0.2) is 5.05 Å². The predicted molar refractivity (Wildman–Crippen MR) is 107 cm³/mol. The molecule has 1 N–H and O–H groups in total. The van der Waals surface area contributed by atoms with E-state index >= 15 is 0 Å². The zero-order valence-corrected chi connectivity index (χ0v) is 16.2. The fourth-order valence-corrected chi connectivity index (χ4v) is 3.71. The number of nitrogens with one attached hydrogen (secondary N) is 1. The molecule has 0 saturated carbocycles. The first-order chi connectivity index (χ1) is 12.2. The van der Waals surface area contributed by atoms with Crippen molar-refractivity contribution in [2.75, 3.05) is 6.61 Å². The van der Waals surface area contributed by atoms with Gasteiger partial charge in [-0.2, -0.15) is 0 Å². The standard InChI is InChI=1S/C21H31NO2S/c1-2-24-21(25)19-16-10-8-6-4-3-5-7-9-13-17-14-11-12-15-18(17)20(23)22-19/h11-12,14-15,19H,2-10,13,16H2,1H3,(H,22,23)/t19-/m0/s1. The van der Waals surface area contributed by atoms with Crippen molar-refractivity contribution in [3.8, 4) is 0 Å². The monoisotopic (exact) mass is 361 g/mol. The SMILES string of the molecule is CCOC(=S)[C@@H]1CCCCCCCCCCc2ccccc2C(=O)N1. The lowest BCUT2D eigenvalue weighted by Crippen LogP contribution is -2.41. The summed E-state index contributed by atoms with van der Waals surface area (Å²) in [7, 11) is 0. The van der Waals surface area contributed by atoms with Gasteiger partial charge in [0.2, 0.25) is 0 Å². The van der Waals surface area contributed by atoms with Crippen molar-refractivity contribution in [3.05, 3.63) is 35.4 Å². The minimum absolute atomic E-state index is 0.0301. The third-order valence-corrected chi connectivity index (χ3v) is 5.23. The molecule has 1 heterocycles. The molecule has 1 atom stereocenters. The highest BCUT2D eigenvalue weighted by Crippen LogP contribution is 2.17. The van der Waals surface area contributed by atoms with E-state index in [9.17, 15) is 4.79 Å². The fraction of sp³-hybridized carbons (Fsp3) is 0.619. The van der Waals surface area contributed by atoms with Crippen LogP contribution in [0.25, 0.3) is 0 Å². The number of rotatable bonds is 2. The van der Waals surface area contributed by atoms with Gasteiger partial charge in [-0.25, -0.2) is 0 Å². The van der Waals surface area contributed by atoms with Crippen LogP contribution >= 0.6 is 12.2 Å². The van der Waals surface area contributed by atoms with E-state index in [2.05, 4.69) is 11.4 Å². The summed E-state index contributed by atoms with van der Waals surface area (Å²) in [6.45, 7) is 2.47. The normalized spacial score (nSPS) is 20.5. The van der Waals surface area contributed by atoms with E-state index in [1.54, 1.807) is 0 Å². The molecule has 2 rings (SSSR count). The molecule has 4 heteroatoms. The molecule has 138 valence electrons. The molecule has 1 amide bonds. The summed E-state index contributed by atoms with van der Waals surface area (Å²) < 4.78 is 5.52. The Kier molecular flexibility index (Phi) is 8.95. The fourth-order valence-electron chi connectivity index (χ4n) is 3.41. The van der Waals surface area contributed by atoms with Crippen molar-refractivity contribution in [1.82, 2.24) is 5.32 Å². The van der Waals surface area contributed by atoms with Crippen molar-refractivity contribution in [1.29, 1.82) is 0 Å². The molecule has 0 saturated heterocycles. The van der Waals surface area contributed by atoms with Crippen LogP contribution in [0.2, 0.25) is 0 Å². The quantitative estimate of drug-likeness (QED) is 0.734. The number of carbonyl (C=O) groups excluding carboxylic acids is 1. The lowest BCUT2D eigenvalue weighted by molar-refractivity contribution is 0.0940. The summed E-state index contributed by atoms with van der Waals surface area (Å²) in [5.74, 6) is -0.0301. The van der Waals surface area contributed by atoms with Crippen LogP contribution in [0.3, 0.4) is 0 Å². The van der Waals surface area contributed by atoms with Crippen molar-refractivity contribution in [2.45, 2.75) is 77.2 Å². The van der Waals surface area contributed by atoms with Gasteiger partial charge in [-0.3, -0.25) is 4.79 Å². The number of ether oxygens (including phenoxy) is 1. The molecule has 25 heavy (non-hydrogen) atoms. The zero-order valence-electron chi connectivity index (χ0n) is 15.4. The number of carbonyl (C=O) groups is 1. The van der Waals surface area contributed by atoms with Gasteiger partial charge in [0.1, 0.15) is 0 Å². The summed E-state index contributed by atoms with van der Waals surface area (Å²) >= 11 is 5.40. The lowest BCUT2D eigenvalue weighted by atomic mass is 9.99. The molecule has 1 aliphatic rings. The molecule has 0 radical (unpaired) electrons. The van der Waals surface area contributed by atoms with Crippen molar-refractivity contribution in [3.63, 3.8) is 0 Å². The number of hydrogen-bond donors (Lipinski definition) is 1. The molecular weight excluding hydrogens is 330 g/mol. The molecule has 0 aliphatic carbocycles. The Bertz CT molecular complexity index is 559. The Hall–Kier alpha value is -1.42. The Balaban J connectivity index is 2.14. The average Bonchev–Trinajstić information content (AvgIpc) is 2.62. The topological polar surface area (TPSA) is 38.3 Å². The van der Waals surface area contributed by atoms with Gasteiger partial charge in [-0.15, -0.1) is 0 Å². The Morgan fingerprint density at radius 1 is 1.08 bits per heavy atom. The Morgan fingerprint density at radius 3 is 2.44 bits per heavy atom. The summed E-state index contributed by atoms with van der Waals surface area (Å²) in [4.78, 5) is 12.8. The highest BCUT2D eigenvalue weighted by molar-refractivity contribution is 7.80. The summed E-state index contributed by atoms with van der Waals surface area (Å²) in [6, 6.07) is 7.76. The minimum Gasteiger partial charge on any atom is -0.485 e. The highest BCUT2D eigenvalue weighted by Gasteiger charge is 2.20. The summed E-state index contributed by atoms with van der Waals surface area (Å²) in [5.41, 5.74) is 1.91. The number of hydrogen-bond acceptors (Lipinski definition) is 3. The average molecular weight is 362 g/mol. The first-order valence-corrected chi connectivity index (χ1v) is 10.2. The van der Waals surface area contributed by atoms with E-state index in [0.29, 0.717) is 11.7 Å². The van der Waals surface area contributed by atoms with E-state index < -0.39 is 0 Å². The minimum atomic E-state index is -0.180. The number of amides is 1. The molecule has 0 fully saturated rings. The molecule has 0 bridgehead atoms. The van der Waals surface area contributed by atoms with Crippen molar-refractivity contribution >= 4 is 23.2 Å². The smallest absolute Gasteiger partial charge is 0.252 e. The molecule has 1 aromatic carbocycles. The maximum Gasteiger partial charge on any atom is 0.252 e. The van der Waals surface area contributed by atoms with Gasteiger partial charge in [-0.05, 0) is 50.0 Å². The van der Waals surface area contributed by atoms with Gasteiger partial charge >= 0.3 is 0 Å². The Labute approximate surface area is 157 Å². The third kappa shape index (κ3) is 6.77. The van der Waals surface area contributed by atoms with Crippen LogP contribution in [0, 0.1) is 0 Å². The second kappa shape index (κ2) is 11.2. The second-order valence-corrected chi connectivity index (χ2v) is 7.20. The van der Waals surface area contributed by atoms with Crippen LogP contribution in [0.1, 0.15) is 80.6 Å². The molecule has 3 nitrogen and oxygen atoms in total. The molecule has 1 aliphatic heterocycles. The van der Waals surface area contributed by atoms with Crippen molar-refractivity contribution in [2.24, 2.45) is 0 Å². The number of thiocarbonyl (C=S) groups is 1. The van der Waals surface area contributed by atoms with Crippen LogP contribution < -0.4 is 5.32 Å². The predicted octanol–water partition coefficient (Wildman–Crippen LogP) is 5.22. The van der Waals surface area contributed by atoms with Gasteiger partial charge in [0.25, 0.3) is 5.91 Å². The largest absolute Gasteiger partial charge is 0.485 e. The molecule has 0 unspecified atom stereocenters. The van der Waals surface area contributed by atoms with E-state index in [-0.39, 0.29) is 11.9 Å². The number of benzene rings is 1. The molecular formula is C21H31NO2S. The lowest BCUT2D eigenvalue weighted by Gasteiger charge is -2.20. The van der Waals surface area contributed by atoms with Gasteiger partial charge in [-0.1, -0.05) is 63.1 Å². The first kappa shape index (κ1) is 19.9. The van der Waals surface area contributed by atoms with Crippen LogP contribution in [-0.4, -0.2) is 23.6 Å².